The zero-order valence-corrected chi connectivity index (χ0v) is 14.3. The number of carbonyl (C=O) groups excluding carboxylic acids is 1. The highest BCUT2D eigenvalue weighted by Crippen LogP contribution is 2.27. The minimum Gasteiger partial charge on any atom is -0.465 e. The molecule has 0 fully saturated rings. The van der Waals surface area contributed by atoms with Gasteiger partial charge in [0.05, 0.1) is 23.4 Å². The molecule has 0 radical (unpaired) electrons. The van der Waals surface area contributed by atoms with E-state index >= 15 is 0 Å². The molecule has 0 unspecified atom stereocenters. The molecule has 2 heterocycles. The molecule has 1 amide bonds. The van der Waals surface area contributed by atoms with E-state index in [4.69, 9.17) is 16.3 Å². The Balaban J connectivity index is 2.75. The van der Waals surface area contributed by atoms with Gasteiger partial charge in [0.2, 0.25) is 0 Å². The van der Waals surface area contributed by atoms with Gasteiger partial charge in [0.1, 0.15) is 4.83 Å². The zero-order chi connectivity index (χ0) is 16.1. The predicted octanol–water partition coefficient (Wildman–Crippen LogP) is 3.62. The summed E-state index contributed by atoms with van der Waals surface area (Å²) in [5.41, 5.74) is 0.466. The molecule has 0 spiro atoms. The number of rotatable bonds is 5. The monoisotopic (exact) mass is 343 g/mol. The van der Waals surface area contributed by atoms with Crippen LogP contribution < -0.4 is 10.2 Å². The molecule has 0 saturated carbocycles. The van der Waals surface area contributed by atoms with E-state index in [1.165, 1.54) is 18.4 Å². The Morgan fingerprint density at radius 2 is 2.23 bits per heavy atom. The van der Waals surface area contributed by atoms with Gasteiger partial charge in [0.15, 0.2) is 5.49 Å². The fraction of sp³-hybridized carbons (Fsp3) is 0.500. The van der Waals surface area contributed by atoms with Gasteiger partial charge in [-0.05, 0) is 18.9 Å². The van der Waals surface area contributed by atoms with Gasteiger partial charge in [-0.15, -0.1) is 11.3 Å². The summed E-state index contributed by atoms with van der Waals surface area (Å²) in [7, 11) is 1.30. The molecule has 0 aliphatic carbocycles. The smallest absolute Gasteiger partial charge is 0.435 e. The Labute approximate surface area is 137 Å². The van der Waals surface area contributed by atoms with E-state index in [0.717, 1.165) is 18.2 Å². The van der Waals surface area contributed by atoms with Gasteiger partial charge in [-0.2, -0.15) is 9.98 Å². The van der Waals surface area contributed by atoms with Crippen molar-refractivity contribution < 1.29 is 14.3 Å². The number of aromatic nitrogens is 2. The topological polar surface area (TPSA) is 65.7 Å². The standard InChI is InChI=1S/C14H18ClN3O3S/c1-4-6-18-11(16-14(19)20-3)9-8-10(15)22-12(9)17-13(18)21-7-5-2/h8H,4-7H2,1-3H3. The number of nitrogens with zero attached hydrogens (tertiary/aromatic N) is 3. The highest BCUT2D eigenvalue weighted by Gasteiger charge is 2.14. The van der Waals surface area contributed by atoms with E-state index in [-0.39, 0.29) is 0 Å². The number of thiophene rings is 1. The molecule has 120 valence electrons. The molecule has 0 saturated heterocycles. The van der Waals surface area contributed by atoms with Crippen LogP contribution in [0.2, 0.25) is 4.34 Å². The third-order valence-electron chi connectivity index (χ3n) is 2.86. The summed E-state index contributed by atoms with van der Waals surface area (Å²) in [5, 5.41) is 0.720. The molecule has 0 atom stereocenters. The first-order valence-corrected chi connectivity index (χ1v) is 8.25. The van der Waals surface area contributed by atoms with Crippen LogP contribution in [-0.4, -0.2) is 29.4 Å². The normalized spacial score (nSPS) is 11.9. The lowest BCUT2D eigenvalue weighted by molar-refractivity contribution is 0.181. The van der Waals surface area contributed by atoms with Crippen molar-refractivity contribution in [1.82, 2.24) is 9.55 Å². The molecular weight excluding hydrogens is 326 g/mol. The van der Waals surface area contributed by atoms with Crippen molar-refractivity contribution in [2.75, 3.05) is 13.7 Å². The first-order valence-electron chi connectivity index (χ1n) is 7.06. The van der Waals surface area contributed by atoms with Crippen molar-refractivity contribution in [3.63, 3.8) is 0 Å². The molecular formula is C14H18ClN3O3S. The maximum atomic E-state index is 11.6. The lowest BCUT2D eigenvalue weighted by Gasteiger charge is -2.13. The third-order valence-corrected chi connectivity index (χ3v) is 4.02. The summed E-state index contributed by atoms with van der Waals surface area (Å²) < 4.78 is 12.7. The largest absolute Gasteiger partial charge is 0.465 e. The van der Waals surface area contributed by atoms with Crippen molar-refractivity contribution in [1.29, 1.82) is 0 Å². The number of halogens is 1. The molecule has 0 aliphatic rings. The maximum absolute atomic E-state index is 11.6. The summed E-state index contributed by atoms with van der Waals surface area (Å²) in [5.74, 6) is 0. The molecule has 2 rings (SSSR count). The average molecular weight is 344 g/mol. The first kappa shape index (κ1) is 16.8. The fourth-order valence-corrected chi connectivity index (χ4v) is 3.03. The van der Waals surface area contributed by atoms with E-state index in [9.17, 15) is 4.79 Å². The van der Waals surface area contributed by atoms with Gasteiger partial charge in [-0.1, -0.05) is 25.4 Å². The van der Waals surface area contributed by atoms with E-state index in [2.05, 4.69) is 14.7 Å². The van der Waals surface area contributed by atoms with Crippen LogP contribution in [0.1, 0.15) is 26.7 Å². The Bertz CT molecular complexity index is 739. The molecule has 22 heavy (non-hydrogen) atoms. The molecule has 2 aromatic rings. The van der Waals surface area contributed by atoms with E-state index in [0.29, 0.717) is 33.8 Å². The molecule has 8 heteroatoms. The average Bonchev–Trinajstić information content (AvgIpc) is 2.87. The van der Waals surface area contributed by atoms with Gasteiger partial charge in [-0.3, -0.25) is 4.57 Å². The van der Waals surface area contributed by atoms with Crippen molar-refractivity contribution >= 4 is 39.2 Å². The summed E-state index contributed by atoms with van der Waals surface area (Å²) in [6, 6.07) is 2.20. The van der Waals surface area contributed by atoms with Gasteiger partial charge in [0, 0.05) is 6.54 Å². The van der Waals surface area contributed by atoms with E-state index < -0.39 is 6.09 Å². The SMILES string of the molecule is CCCOc1nc2sc(Cl)cc2c(=NC(=O)OC)n1CCC. The van der Waals surface area contributed by atoms with Crippen LogP contribution in [-0.2, 0) is 11.3 Å². The quantitative estimate of drug-likeness (QED) is 0.831. The minimum atomic E-state index is -0.666. The van der Waals surface area contributed by atoms with Crippen LogP contribution in [0.3, 0.4) is 0 Å². The van der Waals surface area contributed by atoms with Crippen LogP contribution >= 0.6 is 22.9 Å². The van der Waals surface area contributed by atoms with Crippen LogP contribution in [0.15, 0.2) is 11.1 Å². The zero-order valence-electron chi connectivity index (χ0n) is 12.8. The second kappa shape index (κ2) is 7.60. The number of methoxy groups -OCH3 is 1. The van der Waals surface area contributed by atoms with Crippen molar-refractivity contribution in [2.45, 2.75) is 33.2 Å². The number of fused-ring (bicyclic) bond motifs is 1. The minimum absolute atomic E-state index is 0.442. The summed E-state index contributed by atoms with van der Waals surface area (Å²) in [6.45, 7) is 5.22. The highest BCUT2D eigenvalue weighted by molar-refractivity contribution is 7.22. The summed E-state index contributed by atoms with van der Waals surface area (Å²) in [4.78, 5) is 20.9. The lowest BCUT2D eigenvalue weighted by Crippen LogP contribution is -2.26. The van der Waals surface area contributed by atoms with Gasteiger partial charge >= 0.3 is 6.09 Å². The third kappa shape index (κ3) is 3.59. The summed E-state index contributed by atoms with van der Waals surface area (Å²) in [6.07, 6.45) is 1.05. The Morgan fingerprint density at radius 1 is 1.45 bits per heavy atom. The van der Waals surface area contributed by atoms with Gasteiger partial charge in [0.25, 0.3) is 6.01 Å². The van der Waals surface area contributed by atoms with Crippen molar-refractivity contribution in [2.24, 2.45) is 4.99 Å². The summed E-state index contributed by atoms with van der Waals surface area (Å²) >= 11 is 7.41. The second-order valence-electron chi connectivity index (χ2n) is 4.57. The highest BCUT2D eigenvalue weighted by atomic mass is 35.5. The predicted molar refractivity (Wildman–Crippen MR) is 86.7 cm³/mol. The number of hydrogen-bond acceptors (Lipinski definition) is 5. The van der Waals surface area contributed by atoms with Gasteiger partial charge in [-0.25, -0.2) is 4.79 Å². The first-order chi connectivity index (χ1) is 10.6. The molecule has 0 aliphatic heterocycles. The maximum Gasteiger partial charge on any atom is 0.435 e. The van der Waals surface area contributed by atoms with Crippen molar-refractivity contribution in [3.8, 4) is 6.01 Å². The Kier molecular flexibility index (Phi) is 5.79. The molecule has 0 N–H and O–H groups in total. The number of hydrogen-bond donors (Lipinski definition) is 0. The van der Waals surface area contributed by atoms with Crippen LogP contribution in [0, 0.1) is 0 Å². The van der Waals surface area contributed by atoms with Crippen molar-refractivity contribution in [3.05, 3.63) is 15.9 Å². The lowest BCUT2D eigenvalue weighted by atomic mass is 10.4. The number of ether oxygens (including phenoxy) is 2. The molecule has 6 nitrogen and oxygen atoms in total. The van der Waals surface area contributed by atoms with Crippen LogP contribution in [0.4, 0.5) is 4.79 Å². The second-order valence-corrected chi connectivity index (χ2v) is 6.23. The Hall–Kier alpha value is -1.60. The molecule has 0 aromatic carbocycles. The molecule has 2 aromatic heterocycles. The van der Waals surface area contributed by atoms with Crippen LogP contribution in [0.25, 0.3) is 10.2 Å². The number of amides is 1. The number of carbonyl (C=O) groups is 1. The van der Waals surface area contributed by atoms with Crippen LogP contribution in [0.5, 0.6) is 6.01 Å². The Morgan fingerprint density at radius 3 is 2.86 bits per heavy atom. The molecule has 0 bridgehead atoms. The van der Waals surface area contributed by atoms with E-state index in [1.807, 2.05) is 13.8 Å². The van der Waals surface area contributed by atoms with Gasteiger partial charge < -0.3 is 9.47 Å². The van der Waals surface area contributed by atoms with E-state index in [1.54, 1.807) is 10.6 Å². The fourth-order valence-electron chi connectivity index (χ4n) is 1.96.